The highest BCUT2D eigenvalue weighted by Gasteiger charge is 2.55. The van der Waals surface area contributed by atoms with E-state index >= 15 is 0 Å². The highest BCUT2D eigenvalue weighted by Crippen LogP contribution is 2.50. The van der Waals surface area contributed by atoms with Gasteiger partial charge in [0.15, 0.2) is 0 Å². The number of aliphatic hydroxyl groups is 1. The van der Waals surface area contributed by atoms with Gasteiger partial charge in [-0.15, -0.1) is 0 Å². The molecule has 2 aliphatic rings. The van der Waals surface area contributed by atoms with Crippen LogP contribution in [0, 0.1) is 5.41 Å². The minimum absolute atomic E-state index is 0.130. The van der Waals surface area contributed by atoms with Crippen LogP contribution in [0.15, 0.2) is 42.7 Å². The highest BCUT2D eigenvalue weighted by atomic mass is 16.5. The lowest BCUT2D eigenvalue weighted by molar-refractivity contribution is -0.127. The van der Waals surface area contributed by atoms with E-state index in [9.17, 15) is 5.11 Å². The van der Waals surface area contributed by atoms with Crippen LogP contribution in [0.2, 0.25) is 0 Å². The van der Waals surface area contributed by atoms with E-state index in [0.717, 1.165) is 43.5 Å². The molecule has 0 spiro atoms. The van der Waals surface area contributed by atoms with Gasteiger partial charge < -0.3 is 19.5 Å². The maximum absolute atomic E-state index is 12.3. The van der Waals surface area contributed by atoms with Crippen LogP contribution < -0.4 is 4.74 Å². The molecule has 2 heterocycles. The Kier molecular flexibility index (Phi) is 6.12. The largest absolute Gasteiger partial charge is 0.489 e. The highest BCUT2D eigenvalue weighted by molar-refractivity contribution is 5.43. The van der Waals surface area contributed by atoms with Crippen molar-refractivity contribution in [1.29, 1.82) is 0 Å². The van der Waals surface area contributed by atoms with Crippen LogP contribution in [0.1, 0.15) is 62.6 Å². The fourth-order valence-electron chi connectivity index (χ4n) is 5.44. The Hall–Kier alpha value is -1.95. The number of methoxy groups -OCH3 is 1. The van der Waals surface area contributed by atoms with Crippen molar-refractivity contribution in [3.05, 3.63) is 59.4 Å². The first-order valence-corrected chi connectivity index (χ1v) is 11.4. The van der Waals surface area contributed by atoms with E-state index < -0.39 is 5.60 Å². The van der Waals surface area contributed by atoms with Crippen LogP contribution in [0.5, 0.6) is 5.75 Å². The average Bonchev–Trinajstić information content (AvgIpc) is 3.20. The maximum atomic E-state index is 12.3. The quantitative estimate of drug-likeness (QED) is 0.717. The Balaban J connectivity index is 1.68. The molecule has 168 valence electrons. The van der Waals surface area contributed by atoms with Crippen LogP contribution >= 0.6 is 0 Å². The molecule has 0 bridgehead atoms. The molecular weight excluding hydrogens is 388 g/mol. The number of aromatic nitrogens is 1. The molecular formula is C26H36N2O3. The van der Waals surface area contributed by atoms with Gasteiger partial charge in [-0.05, 0) is 43.0 Å². The van der Waals surface area contributed by atoms with Crippen LogP contribution in [0.4, 0.5) is 0 Å². The van der Waals surface area contributed by atoms with Crippen molar-refractivity contribution in [2.24, 2.45) is 5.41 Å². The van der Waals surface area contributed by atoms with Crippen molar-refractivity contribution in [3.8, 4) is 5.75 Å². The Morgan fingerprint density at radius 1 is 1.10 bits per heavy atom. The van der Waals surface area contributed by atoms with Crippen molar-refractivity contribution < 1.29 is 14.6 Å². The number of likely N-dealkylation sites (tertiary alicyclic amines) is 1. The molecule has 0 amide bonds. The van der Waals surface area contributed by atoms with E-state index in [-0.39, 0.29) is 17.6 Å². The minimum Gasteiger partial charge on any atom is -0.489 e. The average molecular weight is 425 g/mol. The third kappa shape index (κ3) is 4.11. The molecule has 1 aliphatic heterocycles. The summed E-state index contributed by atoms with van der Waals surface area (Å²) < 4.78 is 11.7. The van der Waals surface area contributed by atoms with Crippen LogP contribution in [-0.2, 0) is 10.3 Å². The summed E-state index contributed by atoms with van der Waals surface area (Å²) in [5, 5.41) is 12.3. The Morgan fingerprint density at radius 2 is 1.77 bits per heavy atom. The first kappa shape index (κ1) is 22.3. The first-order chi connectivity index (χ1) is 14.7. The predicted molar refractivity (Wildman–Crippen MR) is 122 cm³/mol. The molecule has 4 rings (SSSR count). The van der Waals surface area contributed by atoms with Crippen molar-refractivity contribution in [1.82, 2.24) is 9.88 Å². The number of hydrogen-bond donors (Lipinski definition) is 1. The molecule has 1 saturated carbocycles. The predicted octanol–water partition coefficient (Wildman–Crippen LogP) is 4.34. The Morgan fingerprint density at radius 3 is 2.35 bits per heavy atom. The Labute approximate surface area is 186 Å². The summed E-state index contributed by atoms with van der Waals surface area (Å²) in [4.78, 5) is 6.71. The molecule has 0 radical (unpaired) electrons. The SMILES string of the molecule is COC1CCC(Oc2cncc([C@@](O)(c3ccc(C(C)C)cc3)C3(C)CN(C)C3)c2)C1. The molecule has 1 N–H and O–H groups in total. The maximum Gasteiger partial charge on any atom is 0.138 e. The summed E-state index contributed by atoms with van der Waals surface area (Å²) >= 11 is 0. The molecule has 31 heavy (non-hydrogen) atoms. The van der Waals surface area contributed by atoms with E-state index in [1.165, 1.54) is 5.56 Å². The fourth-order valence-corrected chi connectivity index (χ4v) is 5.44. The summed E-state index contributed by atoms with van der Waals surface area (Å²) in [6, 6.07) is 10.4. The number of pyridine rings is 1. The van der Waals surface area contributed by atoms with Crippen LogP contribution in [0.3, 0.4) is 0 Å². The van der Waals surface area contributed by atoms with E-state index in [4.69, 9.17) is 9.47 Å². The van der Waals surface area contributed by atoms with Gasteiger partial charge in [0, 0.05) is 43.8 Å². The molecule has 5 heteroatoms. The molecule has 1 aromatic heterocycles. The van der Waals surface area contributed by atoms with Gasteiger partial charge in [-0.2, -0.15) is 0 Å². The summed E-state index contributed by atoms with van der Waals surface area (Å²) in [6.07, 6.45) is 6.83. The van der Waals surface area contributed by atoms with E-state index in [0.29, 0.717) is 11.7 Å². The van der Waals surface area contributed by atoms with E-state index in [1.807, 2.05) is 6.07 Å². The van der Waals surface area contributed by atoms with Gasteiger partial charge >= 0.3 is 0 Å². The van der Waals surface area contributed by atoms with Crippen molar-refractivity contribution in [3.63, 3.8) is 0 Å². The lowest BCUT2D eigenvalue weighted by Gasteiger charge is -2.55. The zero-order chi connectivity index (χ0) is 22.2. The van der Waals surface area contributed by atoms with Crippen molar-refractivity contribution in [2.75, 3.05) is 27.2 Å². The zero-order valence-electron chi connectivity index (χ0n) is 19.5. The fraction of sp³-hybridized carbons (Fsp3) is 0.577. The second-order valence-corrected chi connectivity index (χ2v) is 10.0. The molecule has 1 aliphatic carbocycles. The summed E-state index contributed by atoms with van der Waals surface area (Å²) in [5.74, 6) is 1.17. The number of ether oxygens (including phenoxy) is 2. The van der Waals surface area contributed by atoms with E-state index in [2.05, 4.69) is 62.0 Å². The van der Waals surface area contributed by atoms with Gasteiger partial charge in [-0.3, -0.25) is 4.98 Å². The standard InChI is InChI=1S/C26H36N2O3/c1-18(2)19-6-8-20(9-7-19)26(29,25(3)16-28(4)17-25)21-12-24(15-27-14-21)31-23-11-10-22(13-23)30-5/h6-9,12,14-15,18,22-23,29H,10-11,13,16-17H2,1-5H3/t22?,23?,26-/m0/s1. The second-order valence-electron chi connectivity index (χ2n) is 10.0. The molecule has 2 aromatic rings. The molecule has 3 atom stereocenters. The smallest absolute Gasteiger partial charge is 0.138 e. The minimum atomic E-state index is -1.15. The zero-order valence-corrected chi connectivity index (χ0v) is 19.5. The molecule has 1 aromatic carbocycles. The van der Waals surface area contributed by atoms with Gasteiger partial charge in [-0.25, -0.2) is 0 Å². The number of hydrogen-bond acceptors (Lipinski definition) is 5. The summed E-state index contributed by atoms with van der Waals surface area (Å²) in [6.45, 7) is 8.17. The summed E-state index contributed by atoms with van der Waals surface area (Å²) in [7, 11) is 3.85. The number of rotatable bonds is 7. The Bertz CT molecular complexity index is 892. The van der Waals surface area contributed by atoms with Gasteiger partial charge in [0.1, 0.15) is 17.5 Å². The van der Waals surface area contributed by atoms with E-state index in [1.54, 1.807) is 19.5 Å². The van der Waals surface area contributed by atoms with Gasteiger partial charge in [0.05, 0.1) is 12.3 Å². The van der Waals surface area contributed by atoms with Crippen molar-refractivity contribution in [2.45, 2.75) is 63.8 Å². The molecule has 1 saturated heterocycles. The van der Waals surface area contributed by atoms with Gasteiger partial charge in [0.2, 0.25) is 0 Å². The third-order valence-electron chi connectivity index (χ3n) is 7.21. The first-order valence-electron chi connectivity index (χ1n) is 11.4. The number of benzene rings is 1. The van der Waals surface area contributed by atoms with Gasteiger partial charge in [0.25, 0.3) is 0 Å². The number of nitrogens with zero attached hydrogens (tertiary/aromatic N) is 2. The molecule has 5 nitrogen and oxygen atoms in total. The monoisotopic (exact) mass is 424 g/mol. The lowest BCUT2D eigenvalue weighted by atomic mass is 9.62. The molecule has 2 fully saturated rings. The van der Waals surface area contributed by atoms with Crippen LogP contribution in [0.25, 0.3) is 0 Å². The molecule has 2 unspecified atom stereocenters. The normalized spacial score (nSPS) is 25.3. The third-order valence-corrected chi connectivity index (χ3v) is 7.21. The van der Waals surface area contributed by atoms with Gasteiger partial charge in [-0.1, -0.05) is 45.0 Å². The summed E-state index contributed by atoms with van der Waals surface area (Å²) in [5.41, 5.74) is 1.51. The second kappa shape index (κ2) is 8.53. The van der Waals surface area contributed by atoms with Crippen LogP contribution in [-0.4, -0.2) is 54.4 Å². The van der Waals surface area contributed by atoms with Crippen molar-refractivity contribution >= 4 is 0 Å². The topological polar surface area (TPSA) is 54.8 Å². The lowest BCUT2D eigenvalue weighted by Crippen LogP contribution is -2.63.